The van der Waals surface area contributed by atoms with Crippen molar-refractivity contribution in [3.8, 4) is 0 Å². The predicted molar refractivity (Wildman–Crippen MR) is 88.4 cm³/mol. The van der Waals surface area contributed by atoms with E-state index in [1.165, 1.54) is 11.1 Å². The summed E-state index contributed by atoms with van der Waals surface area (Å²) >= 11 is 0. The van der Waals surface area contributed by atoms with Gasteiger partial charge in [-0.1, -0.05) is 18.2 Å². The summed E-state index contributed by atoms with van der Waals surface area (Å²) < 4.78 is 1.59. The summed E-state index contributed by atoms with van der Waals surface area (Å²) in [6.45, 7) is 6.06. The Labute approximate surface area is 139 Å². The summed E-state index contributed by atoms with van der Waals surface area (Å²) in [5, 5.41) is 10.4. The highest BCUT2D eigenvalue weighted by molar-refractivity contribution is 5.90. The number of nitrogens with zero attached hydrogens (tertiary/aromatic N) is 4. The molecule has 0 bridgehead atoms. The van der Waals surface area contributed by atoms with Crippen molar-refractivity contribution < 1.29 is 4.79 Å². The number of hydrogen-bond donors (Lipinski definition) is 2. The van der Waals surface area contributed by atoms with E-state index in [0.717, 1.165) is 30.0 Å². The second-order valence-corrected chi connectivity index (χ2v) is 6.08. The summed E-state index contributed by atoms with van der Waals surface area (Å²) in [4.78, 5) is 20.9. The van der Waals surface area contributed by atoms with Crippen LogP contribution in [0, 0.1) is 13.8 Å². The summed E-state index contributed by atoms with van der Waals surface area (Å²) in [6.07, 6.45) is 0. The molecule has 2 N–H and O–H groups in total. The topological polar surface area (TPSA) is 84.2 Å². The predicted octanol–water partition coefficient (Wildman–Crippen LogP) is 1.27. The second kappa shape index (κ2) is 5.68. The van der Waals surface area contributed by atoms with Gasteiger partial charge in [0.25, 0.3) is 11.7 Å². The minimum absolute atomic E-state index is 0.138. The maximum absolute atomic E-state index is 12.3. The van der Waals surface area contributed by atoms with Gasteiger partial charge in [0.15, 0.2) is 0 Å². The molecular formula is C17H18N6O. The third-order valence-electron chi connectivity index (χ3n) is 4.18. The van der Waals surface area contributed by atoms with Crippen molar-refractivity contribution in [3.63, 3.8) is 0 Å². The molecule has 0 spiro atoms. The van der Waals surface area contributed by atoms with Crippen LogP contribution in [0.15, 0.2) is 24.3 Å². The highest BCUT2D eigenvalue weighted by atomic mass is 16.2. The van der Waals surface area contributed by atoms with Crippen LogP contribution in [0.4, 0.5) is 0 Å². The molecule has 2 aromatic heterocycles. The van der Waals surface area contributed by atoms with Crippen molar-refractivity contribution in [1.29, 1.82) is 0 Å². The van der Waals surface area contributed by atoms with E-state index in [0.29, 0.717) is 12.3 Å². The van der Waals surface area contributed by atoms with E-state index in [1.54, 1.807) is 4.52 Å². The number of nitrogens with one attached hydrogen (secondary N) is 2. The fraction of sp³-hybridized carbons (Fsp3) is 0.294. The van der Waals surface area contributed by atoms with Gasteiger partial charge in [-0.3, -0.25) is 4.79 Å². The zero-order chi connectivity index (χ0) is 16.7. The lowest BCUT2D eigenvalue weighted by Gasteiger charge is -2.05. The highest BCUT2D eigenvalue weighted by Crippen LogP contribution is 2.17. The lowest BCUT2D eigenvalue weighted by molar-refractivity contribution is 0.0940. The lowest BCUT2D eigenvalue weighted by atomic mass is 10.1. The van der Waals surface area contributed by atoms with Gasteiger partial charge in [-0.25, -0.2) is 9.50 Å². The second-order valence-electron chi connectivity index (χ2n) is 6.08. The molecule has 1 aliphatic rings. The normalized spacial score (nSPS) is 13.2. The maximum atomic E-state index is 12.3. The molecule has 24 heavy (non-hydrogen) atoms. The van der Waals surface area contributed by atoms with E-state index >= 15 is 0 Å². The van der Waals surface area contributed by atoms with Crippen molar-refractivity contribution in [3.05, 3.63) is 58.2 Å². The van der Waals surface area contributed by atoms with Gasteiger partial charge < -0.3 is 10.6 Å². The van der Waals surface area contributed by atoms with Crippen molar-refractivity contribution in [2.75, 3.05) is 0 Å². The number of hydrogen-bond acceptors (Lipinski definition) is 5. The SMILES string of the molecule is Cc1cc(C)n2nc(C(=O)NCc3ccc4c(c3)CNC4)nc2n1. The molecule has 7 heteroatoms. The molecule has 3 heterocycles. The molecule has 0 saturated heterocycles. The first-order valence-electron chi connectivity index (χ1n) is 7.91. The van der Waals surface area contributed by atoms with Crippen molar-refractivity contribution in [2.45, 2.75) is 33.5 Å². The average molecular weight is 322 g/mol. The Morgan fingerprint density at radius 3 is 2.92 bits per heavy atom. The monoisotopic (exact) mass is 322 g/mol. The van der Waals surface area contributed by atoms with Crippen molar-refractivity contribution in [1.82, 2.24) is 30.2 Å². The molecule has 1 aromatic carbocycles. The molecule has 7 nitrogen and oxygen atoms in total. The molecule has 1 aliphatic heterocycles. The lowest BCUT2D eigenvalue weighted by Crippen LogP contribution is -2.24. The Morgan fingerprint density at radius 2 is 2.04 bits per heavy atom. The van der Waals surface area contributed by atoms with E-state index in [4.69, 9.17) is 0 Å². The van der Waals surface area contributed by atoms with Gasteiger partial charge in [0.1, 0.15) is 0 Å². The van der Waals surface area contributed by atoms with Crippen LogP contribution in [0.3, 0.4) is 0 Å². The number of fused-ring (bicyclic) bond motifs is 2. The Morgan fingerprint density at radius 1 is 1.21 bits per heavy atom. The largest absolute Gasteiger partial charge is 0.345 e. The molecule has 0 saturated carbocycles. The van der Waals surface area contributed by atoms with Gasteiger partial charge in [0, 0.05) is 31.0 Å². The van der Waals surface area contributed by atoms with Crippen molar-refractivity contribution in [2.24, 2.45) is 0 Å². The quantitative estimate of drug-likeness (QED) is 0.759. The zero-order valence-electron chi connectivity index (χ0n) is 13.6. The molecular weight excluding hydrogens is 304 g/mol. The Balaban J connectivity index is 1.51. The van der Waals surface area contributed by atoms with Gasteiger partial charge in [0.05, 0.1) is 0 Å². The van der Waals surface area contributed by atoms with Crippen LogP contribution in [0.1, 0.15) is 38.7 Å². The molecule has 1 amide bonds. The number of rotatable bonds is 3. The highest BCUT2D eigenvalue weighted by Gasteiger charge is 2.15. The van der Waals surface area contributed by atoms with Crippen molar-refractivity contribution >= 4 is 11.7 Å². The Hall–Kier alpha value is -2.80. The van der Waals surface area contributed by atoms with Crippen LogP contribution < -0.4 is 10.6 Å². The minimum atomic E-state index is -0.295. The molecule has 0 atom stereocenters. The molecule has 0 unspecified atom stereocenters. The first-order chi connectivity index (χ1) is 11.6. The molecule has 3 aromatic rings. The smallest absolute Gasteiger partial charge is 0.291 e. The van der Waals surface area contributed by atoms with E-state index in [-0.39, 0.29) is 11.7 Å². The summed E-state index contributed by atoms with van der Waals surface area (Å²) in [5.41, 5.74) is 5.44. The Bertz CT molecular complexity index is 946. The van der Waals surface area contributed by atoms with E-state index in [2.05, 4.69) is 37.8 Å². The van der Waals surface area contributed by atoms with Gasteiger partial charge in [-0.2, -0.15) is 4.98 Å². The van der Waals surface area contributed by atoms with Gasteiger partial charge in [-0.05, 0) is 36.6 Å². The van der Waals surface area contributed by atoms with E-state index < -0.39 is 0 Å². The van der Waals surface area contributed by atoms with Gasteiger partial charge in [0.2, 0.25) is 5.82 Å². The molecule has 4 rings (SSSR count). The number of aryl methyl sites for hydroxylation is 2. The number of amides is 1. The minimum Gasteiger partial charge on any atom is -0.345 e. The van der Waals surface area contributed by atoms with Gasteiger partial charge >= 0.3 is 0 Å². The average Bonchev–Trinajstić information content (AvgIpc) is 3.18. The van der Waals surface area contributed by atoms with E-state index in [1.807, 2.05) is 26.0 Å². The van der Waals surface area contributed by atoms with Crippen LogP contribution in [0.5, 0.6) is 0 Å². The zero-order valence-corrected chi connectivity index (χ0v) is 13.6. The van der Waals surface area contributed by atoms with Crippen LogP contribution in [0.25, 0.3) is 5.78 Å². The van der Waals surface area contributed by atoms with Crippen LogP contribution in [0.2, 0.25) is 0 Å². The Kier molecular flexibility index (Phi) is 3.50. The van der Waals surface area contributed by atoms with Crippen LogP contribution in [-0.2, 0) is 19.6 Å². The van der Waals surface area contributed by atoms with E-state index in [9.17, 15) is 4.79 Å². The number of carbonyl (C=O) groups excluding carboxylic acids is 1. The first-order valence-corrected chi connectivity index (χ1v) is 7.91. The third kappa shape index (κ3) is 2.63. The fourth-order valence-corrected chi connectivity index (χ4v) is 2.98. The number of benzene rings is 1. The first kappa shape index (κ1) is 14.8. The third-order valence-corrected chi connectivity index (χ3v) is 4.18. The summed E-state index contributed by atoms with van der Waals surface area (Å²) in [7, 11) is 0. The molecule has 0 fully saturated rings. The molecule has 0 radical (unpaired) electrons. The fourth-order valence-electron chi connectivity index (χ4n) is 2.98. The number of aromatic nitrogens is 4. The summed E-state index contributed by atoms with van der Waals surface area (Å²) in [6, 6.07) is 8.18. The summed E-state index contributed by atoms with van der Waals surface area (Å²) in [5.74, 6) is 0.288. The maximum Gasteiger partial charge on any atom is 0.291 e. The standard InChI is InChI=1S/C17H18N6O/c1-10-5-11(2)23-17(20-10)21-15(22-23)16(24)19-7-12-3-4-13-8-18-9-14(13)6-12/h3-6,18H,7-9H2,1-2H3,(H,19,24). The van der Waals surface area contributed by atoms with Crippen LogP contribution in [-0.4, -0.2) is 25.5 Å². The molecule has 122 valence electrons. The van der Waals surface area contributed by atoms with Crippen LogP contribution >= 0.6 is 0 Å². The number of carbonyl (C=O) groups is 1. The molecule has 0 aliphatic carbocycles. The van der Waals surface area contributed by atoms with Gasteiger partial charge in [-0.15, -0.1) is 5.10 Å².